The molecule has 1 amide bonds. The molecule has 0 bridgehead atoms. The Labute approximate surface area is 154 Å². The fourth-order valence-corrected chi connectivity index (χ4v) is 4.86. The molecule has 1 saturated carbocycles. The second kappa shape index (κ2) is 8.37. The molecule has 1 aliphatic carbocycles. The molecule has 0 unspecified atom stereocenters. The number of carbonyl (C=O) groups is 1. The third-order valence-electron chi connectivity index (χ3n) is 4.83. The number of benzene rings is 1. The van der Waals surface area contributed by atoms with Crippen LogP contribution in [0.3, 0.4) is 0 Å². The molecule has 1 aromatic rings. The van der Waals surface area contributed by atoms with Crippen LogP contribution in [0.4, 0.5) is 0 Å². The maximum Gasteiger partial charge on any atom is 0.258 e. The van der Waals surface area contributed by atoms with E-state index in [1.165, 1.54) is 10.4 Å². The number of rotatable bonds is 6. The smallest absolute Gasteiger partial charge is 0.258 e. The van der Waals surface area contributed by atoms with Crippen molar-refractivity contribution in [2.75, 3.05) is 32.9 Å². The summed E-state index contributed by atoms with van der Waals surface area (Å²) in [7, 11) is -3.53. The molecule has 26 heavy (non-hydrogen) atoms. The first kappa shape index (κ1) is 19.1. The van der Waals surface area contributed by atoms with Gasteiger partial charge in [-0.05, 0) is 43.5 Å². The molecule has 1 saturated heterocycles. The third kappa shape index (κ3) is 4.55. The van der Waals surface area contributed by atoms with Gasteiger partial charge in [0.15, 0.2) is 6.61 Å². The molecular weight excluding hydrogens is 356 g/mol. The number of ether oxygens (including phenoxy) is 2. The van der Waals surface area contributed by atoms with Crippen molar-refractivity contribution in [1.82, 2.24) is 9.62 Å². The van der Waals surface area contributed by atoms with Gasteiger partial charge in [-0.25, -0.2) is 8.42 Å². The Kier molecular flexibility index (Phi) is 6.16. The molecular formula is C18H26N2O5S. The maximum atomic E-state index is 12.7. The lowest BCUT2D eigenvalue weighted by Gasteiger charge is -2.26. The average molecular weight is 382 g/mol. The predicted octanol–water partition coefficient (Wildman–Crippen LogP) is 1.45. The van der Waals surface area contributed by atoms with E-state index in [-0.39, 0.29) is 23.5 Å². The van der Waals surface area contributed by atoms with E-state index in [9.17, 15) is 13.2 Å². The minimum absolute atomic E-state index is 0.0626. The lowest BCUT2D eigenvalue weighted by molar-refractivity contribution is -0.123. The van der Waals surface area contributed by atoms with E-state index >= 15 is 0 Å². The highest BCUT2D eigenvalue weighted by atomic mass is 32.2. The normalized spacial score (nSPS) is 19.4. The number of hydrogen-bond acceptors (Lipinski definition) is 5. The molecule has 8 heteroatoms. The van der Waals surface area contributed by atoms with Crippen molar-refractivity contribution < 1.29 is 22.7 Å². The molecule has 1 heterocycles. The van der Waals surface area contributed by atoms with E-state index in [0.29, 0.717) is 37.6 Å². The Morgan fingerprint density at radius 1 is 1.27 bits per heavy atom. The van der Waals surface area contributed by atoms with Gasteiger partial charge in [-0.1, -0.05) is 12.8 Å². The van der Waals surface area contributed by atoms with Crippen molar-refractivity contribution in [2.45, 2.75) is 43.5 Å². The molecule has 0 aromatic heterocycles. The molecule has 1 N–H and O–H groups in total. The van der Waals surface area contributed by atoms with Gasteiger partial charge >= 0.3 is 0 Å². The van der Waals surface area contributed by atoms with Gasteiger partial charge in [0, 0.05) is 19.1 Å². The van der Waals surface area contributed by atoms with Crippen LogP contribution in [0.1, 0.15) is 31.2 Å². The molecule has 1 aliphatic heterocycles. The summed E-state index contributed by atoms with van der Waals surface area (Å²) in [4.78, 5) is 12.2. The number of morpholine rings is 1. The van der Waals surface area contributed by atoms with E-state index < -0.39 is 10.0 Å². The zero-order valence-electron chi connectivity index (χ0n) is 15.1. The standard InChI is InChI=1S/C18H26N2O5S/c1-14-12-16(26(22,23)20-8-10-24-11-9-20)6-7-17(14)25-13-18(21)19-15-4-2-3-5-15/h6-7,12,15H,2-5,8-11,13H2,1H3,(H,19,21). The van der Waals surface area contributed by atoms with Gasteiger partial charge in [0.05, 0.1) is 18.1 Å². The number of nitrogens with one attached hydrogen (secondary N) is 1. The Morgan fingerprint density at radius 3 is 2.62 bits per heavy atom. The Morgan fingerprint density at radius 2 is 1.96 bits per heavy atom. The molecule has 2 fully saturated rings. The maximum absolute atomic E-state index is 12.7. The fourth-order valence-electron chi connectivity index (χ4n) is 3.36. The molecule has 7 nitrogen and oxygen atoms in total. The first-order valence-corrected chi connectivity index (χ1v) is 10.5. The molecule has 3 rings (SSSR count). The number of sulfonamides is 1. The molecule has 0 radical (unpaired) electrons. The number of carbonyl (C=O) groups excluding carboxylic acids is 1. The summed E-state index contributed by atoms with van der Waals surface area (Å²) in [6.45, 7) is 3.27. The quantitative estimate of drug-likeness (QED) is 0.805. The topological polar surface area (TPSA) is 84.9 Å². The van der Waals surface area contributed by atoms with Crippen molar-refractivity contribution in [3.05, 3.63) is 23.8 Å². The summed E-state index contributed by atoms with van der Waals surface area (Å²) in [5.41, 5.74) is 0.688. The van der Waals surface area contributed by atoms with Crippen LogP contribution >= 0.6 is 0 Å². The van der Waals surface area contributed by atoms with Gasteiger partial charge in [-0.15, -0.1) is 0 Å². The zero-order valence-corrected chi connectivity index (χ0v) is 15.9. The molecule has 0 spiro atoms. The average Bonchev–Trinajstić information content (AvgIpc) is 3.14. The van der Waals surface area contributed by atoms with Gasteiger partial charge in [0.1, 0.15) is 5.75 Å². The SMILES string of the molecule is Cc1cc(S(=O)(=O)N2CCOCC2)ccc1OCC(=O)NC1CCCC1. The molecule has 144 valence electrons. The number of amides is 1. The predicted molar refractivity (Wildman–Crippen MR) is 96.7 cm³/mol. The van der Waals surface area contributed by atoms with Crippen LogP contribution in [0, 0.1) is 6.92 Å². The van der Waals surface area contributed by atoms with Crippen LogP contribution < -0.4 is 10.1 Å². The molecule has 2 aliphatic rings. The number of hydrogen-bond donors (Lipinski definition) is 1. The number of aryl methyl sites for hydroxylation is 1. The van der Waals surface area contributed by atoms with Gasteiger partial charge in [0.25, 0.3) is 5.91 Å². The largest absolute Gasteiger partial charge is 0.484 e. The van der Waals surface area contributed by atoms with E-state index in [4.69, 9.17) is 9.47 Å². The minimum Gasteiger partial charge on any atom is -0.484 e. The molecule has 0 atom stereocenters. The first-order chi connectivity index (χ1) is 12.5. The van der Waals surface area contributed by atoms with Crippen LogP contribution in [0.2, 0.25) is 0 Å². The van der Waals surface area contributed by atoms with Crippen molar-refractivity contribution in [3.8, 4) is 5.75 Å². The highest BCUT2D eigenvalue weighted by Crippen LogP contribution is 2.24. The molecule has 1 aromatic carbocycles. The first-order valence-electron chi connectivity index (χ1n) is 9.07. The Hall–Kier alpha value is -1.64. The fraction of sp³-hybridized carbons (Fsp3) is 0.611. The summed E-state index contributed by atoms with van der Waals surface area (Å²) in [6.07, 6.45) is 4.37. The van der Waals surface area contributed by atoms with Crippen molar-refractivity contribution in [3.63, 3.8) is 0 Å². The van der Waals surface area contributed by atoms with Crippen molar-refractivity contribution in [2.24, 2.45) is 0 Å². The van der Waals surface area contributed by atoms with E-state index in [1.807, 2.05) is 0 Å². The minimum atomic E-state index is -3.53. The Balaban J connectivity index is 1.60. The van der Waals surface area contributed by atoms with Crippen LogP contribution in [0.25, 0.3) is 0 Å². The van der Waals surface area contributed by atoms with Gasteiger partial charge < -0.3 is 14.8 Å². The van der Waals surface area contributed by atoms with Crippen LogP contribution in [-0.2, 0) is 19.6 Å². The summed E-state index contributed by atoms with van der Waals surface area (Å²) in [6, 6.07) is 5.00. The summed E-state index contributed by atoms with van der Waals surface area (Å²) in [5.74, 6) is 0.383. The lowest BCUT2D eigenvalue weighted by atomic mass is 10.2. The van der Waals surface area contributed by atoms with Crippen LogP contribution in [0.15, 0.2) is 23.1 Å². The van der Waals surface area contributed by atoms with Crippen molar-refractivity contribution >= 4 is 15.9 Å². The monoisotopic (exact) mass is 382 g/mol. The van der Waals surface area contributed by atoms with E-state index in [1.54, 1.807) is 19.1 Å². The summed E-state index contributed by atoms with van der Waals surface area (Å²) < 4.78 is 37.6. The summed E-state index contributed by atoms with van der Waals surface area (Å²) in [5, 5.41) is 2.97. The Bertz CT molecular complexity index is 738. The van der Waals surface area contributed by atoms with Crippen LogP contribution in [0.5, 0.6) is 5.75 Å². The second-order valence-corrected chi connectivity index (χ2v) is 8.72. The second-order valence-electron chi connectivity index (χ2n) is 6.78. The summed E-state index contributed by atoms with van der Waals surface area (Å²) >= 11 is 0. The zero-order chi connectivity index (χ0) is 18.6. The lowest BCUT2D eigenvalue weighted by Crippen LogP contribution is -2.40. The van der Waals surface area contributed by atoms with Gasteiger partial charge in [-0.2, -0.15) is 4.31 Å². The van der Waals surface area contributed by atoms with E-state index in [2.05, 4.69) is 5.32 Å². The van der Waals surface area contributed by atoms with Gasteiger partial charge in [0.2, 0.25) is 10.0 Å². The highest BCUT2D eigenvalue weighted by Gasteiger charge is 2.26. The van der Waals surface area contributed by atoms with Crippen molar-refractivity contribution in [1.29, 1.82) is 0 Å². The van der Waals surface area contributed by atoms with Gasteiger partial charge in [-0.3, -0.25) is 4.79 Å². The van der Waals surface area contributed by atoms with E-state index in [0.717, 1.165) is 25.7 Å². The highest BCUT2D eigenvalue weighted by molar-refractivity contribution is 7.89. The third-order valence-corrected chi connectivity index (χ3v) is 6.73. The number of nitrogens with zero attached hydrogens (tertiary/aromatic N) is 1. The van der Waals surface area contributed by atoms with Crippen LogP contribution in [-0.4, -0.2) is 57.6 Å².